The molecule has 0 bridgehead atoms. The molecule has 3 rings (SSSR count). The minimum Gasteiger partial charge on any atom is -0.293 e. The van der Waals surface area contributed by atoms with E-state index in [1.165, 1.54) is 4.57 Å². The van der Waals surface area contributed by atoms with Crippen molar-refractivity contribution >= 4 is 38.4 Å². The topological polar surface area (TPSA) is 44.0 Å². The van der Waals surface area contributed by atoms with E-state index >= 15 is 0 Å². The summed E-state index contributed by atoms with van der Waals surface area (Å²) in [5, 5.41) is 1.04. The van der Waals surface area contributed by atoms with Crippen molar-refractivity contribution in [2.24, 2.45) is 0 Å². The smallest absolute Gasteiger partial charge is 0.293 e. The molecule has 0 aliphatic heterocycles. The Bertz CT molecular complexity index is 974. The van der Waals surface area contributed by atoms with E-state index in [4.69, 9.17) is 11.6 Å². The average molecular weight is 380 g/mol. The number of rotatable bonds is 2. The summed E-state index contributed by atoms with van der Waals surface area (Å²) in [6.45, 7) is 2.35. The molecule has 0 aliphatic carbocycles. The Hall–Kier alpha value is -1.85. The van der Waals surface area contributed by atoms with Gasteiger partial charge < -0.3 is 0 Å². The summed E-state index contributed by atoms with van der Waals surface area (Å²) in [6.07, 6.45) is 0. The van der Waals surface area contributed by atoms with E-state index in [-0.39, 0.29) is 11.2 Å². The van der Waals surface area contributed by atoms with E-state index in [0.29, 0.717) is 28.2 Å². The molecule has 0 amide bonds. The number of halogens is 2. The highest BCUT2D eigenvalue weighted by molar-refractivity contribution is 9.10. The van der Waals surface area contributed by atoms with Crippen LogP contribution in [0.5, 0.6) is 0 Å². The van der Waals surface area contributed by atoms with Crippen molar-refractivity contribution in [3.8, 4) is 5.69 Å². The lowest BCUT2D eigenvalue weighted by molar-refractivity contribution is 0.692. The highest BCUT2D eigenvalue weighted by Gasteiger charge is 2.13. The zero-order valence-electron chi connectivity index (χ0n) is 11.7. The molecule has 0 atom stereocenters. The number of nitrogens with zero attached hydrogens (tertiary/aromatic N) is 2. The van der Waals surface area contributed by atoms with E-state index in [2.05, 4.69) is 15.9 Å². The van der Waals surface area contributed by atoms with Crippen LogP contribution in [0.3, 0.4) is 0 Å². The molecule has 0 fully saturated rings. The zero-order valence-corrected chi connectivity index (χ0v) is 14.1. The maximum atomic E-state index is 12.8. The van der Waals surface area contributed by atoms with Crippen LogP contribution in [0.25, 0.3) is 16.6 Å². The van der Waals surface area contributed by atoms with Gasteiger partial charge in [-0.3, -0.25) is 9.36 Å². The molecule has 0 aliphatic rings. The Labute approximate surface area is 139 Å². The Morgan fingerprint density at radius 2 is 1.77 bits per heavy atom. The Morgan fingerprint density at radius 1 is 1.09 bits per heavy atom. The van der Waals surface area contributed by atoms with Crippen LogP contribution >= 0.6 is 27.5 Å². The summed E-state index contributed by atoms with van der Waals surface area (Å²) in [5.74, 6) is 0. The Morgan fingerprint density at radius 3 is 2.41 bits per heavy atom. The summed E-state index contributed by atoms with van der Waals surface area (Å²) >= 11 is 9.25. The van der Waals surface area contributed by atoms with E-state index in [0.717, 1.165) is 4.47 Å². The van der Waals surface area contributed by atoms with Gasteiger partial charge in [0.15, 0.2) is 0 Å². The van der Waals surface area contributed by atoms with Crippen LogP contribution in [0.1, 0.15) is 6.92 Å². The molecule has 2 aromatic carbocycles. The summed E-state index contributed by atoms with van der Waals surface area (Å²) in [4.78, 5) is 25.4. The fourth-order valence-corrected chi connectivity index (χ4v) is 2.96. The molecule has 4 nitrogen and oxygen atoms in total. The highest BCUT2D eigenvalue weighted by Crippen LogP contribution is 2.17. The molecule has 0 saturated carbocycles. The predicted molar refractivity (Wildman–Crippen MR) is 92.2 cm³/mol. The van der Waals surface area contributed by atoms with Crippen LogP contribution in [-0.2, 0) is 6.54 Å². The molecule has 22 heavy (non-hydrogen) atoms. The van der Waals surface area contributed by atoms with Gasteiger partial charge in [0.25, 0.3) is 5.56 Å². The molecule has 0 saturated heterocycles. The van der Waals surface area contributed by atoms with Gasteiger partial charge in [-0.2, -0.15) is 0 Å². The van der Waals surface area contributed by atoms with Gasteiger partial charge in [-0.25, -0.2) is 9.36 Å². The number of fused-ring (bicyclic) bond motifs is 1. The van der Waals surface area contributed by atoms with Crippen molar-refractivity contribution in [1.82, 2.24) is 9.13 Å². The molecule has 112 valence electrons. The van der Waals surface area contributed by atoms with Crippen molar-refractivity contribution in [3.63, 3.8) is 0 Å². The normalized spacial score (nSPS) is 11.0. The lowest BCUT2D eigenvalue weighted by Gasteiger charge is -2.13. The molecule has 0 spiro atoms. The van der Waals surface area contributed by atoms with Crippen LogP contribution in [0.2, 0.25) is 5.02 Å². The fourth-order valence-electron chi connectivity index (χ4n) is 2.47. The lowest BCUT2D eigenvalue weighted by atomic mass is 10.2. The SMILES string of the molecule is CCn1c(=O)n(-c2ccc(Cl)cc2)c(=O)c2cc(Br)ccc21. The maximum Gasteiger partial charge on any atom is 0.336 e. The van der Waals surface area contributed by atoms with Crippen molar-refractivity contribution in [2.75, 3.05) is 0 Å². The van der Waals surface area contributed by atoms with Gasteiger partial charge in [0.2, 0.25) is 0 Å². The molecule has 0 N–H and O–H groups in total. The van der Waals surface area contributed by atoms with Gasteiger partial charge in [-0.15, -0.1) is 0 Å². The fraction of sp³-hybridized carbons (Fsp3) is 0.125. The van der Waals surface area contributed by atoms with Gasteiger partial charge in [0.1, 0.15) is 0 Å². The monoisotopic (exact) mass is 378 g/mol. The first-order chi connectivity index (χ1) is 10.5. The molecule has 0 radical (unpaired) electrons. The van der Waals surface area contributed by atoms with Gasteiger partial charge in [0, 0.05) is 16.0 Å². The number of aromatic nitrogens is 2. The van der Waals surface area contributed by atoms with E-state index in [1.807, 2.05) is 13.0 Å². The van der Waals surface area contributed by atoms with Crippen LogP contribution < -0.4 is 11.2 Å². The number of aryl methyl sites for hydroxylation is 1. The van der Waals surface area contributed by atoms with Gasteiger partial charge in [0.05, 0.1) is 16.6 Å². The van der Waals surface area contributed by atoms with Gasteiger partial charge in [-0.05, 0) is 49.4 Å². The minimum atomic E-state index is -0.357. The summed E-state index contributed by atoms with van der Waals surface area (Å²) in [7, 11) is 0. The number of hydrogen-bond acceptors (Lipinski definition) is 2. The quantitative estimate of drug-likeness (QED) is 0.683. The van der Waals surface area contributed by atoms with Gasteiger partial charge in [-0.1, -0.05) is 27.5 Å². The third-order valence-corrected chi connectivity index (χ3v) is 4.25. The third-order valence-electron chi connectivity index (χ3n) is 3.51. The lowest BCUT2D eigenvalue weighted by Crippen LogP contribution is -2.38. The van der Waals surface area contributed by atoms with Crippen LogP contribution in [0.4, 0.5) is 0 Å². The molecular formula is C16H12BrClN2O2. The minimum absolute atomic E-state index is 0.340. The Balaban J connectivity index is 2.47. The Kier molecular flexibility index (Phi) is 3.93. The second-order valence-corrected chi connectivity index (χ2v) is 6.16. The van der Waals surface area contributed by atoms with Gasteiger partial charge >= 0.3 is 5.69 Å². The number of hydrogen-bond donors (Lipinski definition) is 0. The molecule has 0 unspecified atom stereocenters. The first kappa shape index (κ1) is 15.1. The highest BCUT2D eigenvalue weighted by atomic mass is 79.9. The van der Waals surface area contributed by atoms with Crippen molar-refractivity contribution in [3.05, 3.63) is 72.8 Å². The van der Waals surface area contributed by atoms with E-state index in [9.17, 15) is 9.59 Å². The zero-order chi connectivity index (χ0) is 15.9. The predicted octanol–water partition coefficient (Wildman–Crippen LogP) is 3.59. The van der Waals surface area contributed by atoms with Crippen molar-refractivity contribution in [2.45, 2.75) is 13.5 Å². The third kappa shape index (κ3) is 2.40. The molecule has 6 heteroatoms. The van der Waals surface area contributed by atoms with E-state index in [1.54, 1.807) is 41.0 Å². The molecule has 1 heterocycles. The molecular weight excluding hydrogens is 368 g/mol. The average Bonchev–Trinajstić information content (AvgIpc) is 2.50. The molecule has 1 aromatic heterocycles. The second-order valence-electron chi connectivity index (χ2n) is 4.81. The van der Waals surface area contributed by atoms with Crippen LogP contribution in [0, 0.1) is 0 Å². The standard InChI is InChI=1S/C16H12BrClN2O2/c1-2-19-14-8-3-10(17)9-13(14)15(21)20(16(19)22)12-6-4-11(18)5-7-12/h3-9H,2H2,1H3. The molecule has 3 aromatic rings. The summed E-state index contributed by atoms with van der Waals surface area (Å²) in [6, 6.07) is 12.0. The largest absolute Gasteiger partial charge is 0.336 e. The maximum absolute atomic E-state index is 12.8. The summed E-state index contributed by atoms with van der Waals surface area (Å²) in [5.41, 5.74) is 0.437. The van der Waals surface area contributed by atoms with Crippen LogP contribution in [-0.4, -0.2) is 9.13 Å². The van der Waals surface area contributed by atoms with Crippen LogP contribution in [0.15, 0.2) is 56.5 Å². The first-order valence-electron chi connectivity index (χ1n) is 6.74. The van der Waals surface area contributed by atoms with E-state index < -0.39 is 0 Å². The van der Waals surface area contributed by atoms with Crippen molar-refractivity contribution < 1.29 is 0 Å². The van der Waals surface area contributed by atoms with Crippen molar-refractivity contribution in [1.29, 1.82) is 0 Å². The number of benzene rings is 2. The second kappa shape index (κ2) is 5.74. The first-order valence-corrected chi connectivity index (χ1v) is 7.91. The summed E-state index contributed by atoms with van der Waals surface area (Å²) < 4.78 is 3.55.